The Hall–Kier alpha value is -1.20. The van der Waals surface area contributed by atoms with Crippen molar-refractivity contribution >= 4 is 15.6 Å². The van der Waals surface area contributed by atoms with Gasteiger partial charge in [-0.05, 0) is 30.9 Å². The van der Waals surface area contributed by atoms with Crippen LogP contribution in [-0.4, -0.2) is 39.4 Å². The SMILES string of the molecule is CCc1ccc(C(=O)CCCOCCS(C)(=O)=O)c(C)c1. The molecule has 0 atom stereocenters. The normalized spacial score (nSPS) is 11.6. The Morgan fingerprint density at radius 3 is 2.52 bits per heavy atom. The maximum atomic E-state index is 12.1. The summed E-state index contributed by atoms with van der Waals surface area (Å²) in [6, 6.07) is 5.93. The Morgan fingerprint density at radius 2 is 1.95 bits per heavy atom. The van der Waals surface area contributed by atoms with Gasteiger partial charge in [0.25, 0.3) is 0 Å². The summed E-state index contributed by atoms with van der Waals surface area (Å²) >= 11 is 0. The number of carbonyl (C=O) groups is 1. The predicted molar refractivity (Wildman–Crippen MR) is 84.7 cm³/mol. The van der Waals surface area contributed by atoms with Gasteiger partial charge in [0.05, 0.1) is 12.4 Å². The zero-order valence-electron chi connectivity index (χ0n) is 13.0. The van der Waals surface area contributed by atoms with Gasteiger partial charge in [-0.2, -0.15) is 0 Å². The van der Waals surface area contributed by atoms with Crippen molar-refractivity contribution in [2.75, 3.05) is 25.2 Å². The summed E-state index contributed by atoms with van der Waals surface area (Å²) in [6.45, 7) is 4.64. The van der Waals surface area contributed by atoms with Crippen molar-refractivity contribution in [2.45, 2.75) is 33.1 Å². The van der Waals surface area contributed by atoms with Crippen molar-refractivity contribution in [3.05, 3.63) is 34.9 Å². The Balaban J connectivity index is 2.34. The van der Waals surface area contributed by atoms with Crippen LogP contribution in [0.3, 0.4) is 0 Å². The molecule has 0 aliphatic rings. The largest absolute Gasteiger partial charge is 0.380 e. The van der Waals surface area contributed by atoms with E-state index in [0.29, 0.717) is 19.4 Å². The number of carbonyl (C=O) groups excluding carboxylic acids is 1. The molecule has 21 heavy (non-hydrogen) atoms. The summed E-state index contributed by atoms with van der Waals surface area (Å²) in [5, 5.41) is 0. The quantitative estimate of drug-likeness (QED) is 0.519. The minimum Gasteiger partial charge on any atom is -0.380 e. The third kappa shape index (κ3) is 6.87. The lowest BCUT2D eigenvalue weighted by molar-refractivity contribution is 0.0947. The topological polar surface area (TPSA) is 60.4 Å². The average Bonchev–Trinajstić information content (AvgIpc) is 2.41. The highest BCUT2D eigenvalue weighted by molar-refractivity contribution is 7.90. The highest BCUT2D eigenvalue weighted by Crippen LogP contribution is 2.14. The molecule has 0 aliphatic heterocycles. The fourth-order valence-corrected chi connectivity index (χ4v) is 2.46. The predicted octanol–water partition coefficient (Wildman–Crippen LogP) is 2.58. The summed E-state index contributed by atoms with van der Waals surface area (Å²) < 4.78 is 27.1. The van der Waals surface area contributed by atoms with Crippen molar-refractivity contribution < 1.29 is 17.9 Å². The van der Waals surface area contributed by atoms with Gasteiger partial charge < -0.3 is 4.74 Å². The number of rotatable bonds is 9. The average molecular weight is 312 g/mol. The number of Topliss-reactive ketones (excluding diaryl/α,β-unsaturated/α-hetero) is 1. The second-order valence-electron chi connectivity index (χ2n) is 5.27. The van der Waals surface area contributed by atoms with E-state index < -0.39 is 9.84 Å². The molecule has 5 heteroatoms. The number of ketones is 1. The first kappa shape index (κ1) is 17.9. The highest BCUT2D eigenvalue weighted by Gasteiger charge is 2.09. The number of ether oxygens (including phenoxy) is 1. The van der Waals surface area contributed by atoms with Crippen LogP contribution in [0.1, 0.15) is 41.3 Å². The highest BCUT2D eigenvalue weighted by atomic mass is 32.2. The molecule has 0 bridgehead atoms. The molecule has 0 N–H and O–H groups in total. The molecule has 4 nitrogen and oxygen atoms in total. The first-order chi connectivity index (χ1) is 9.83. The van der Waals surface area contributed by atoms with Crippen LogP contribution < -0.4 is 0 Å². The molecular weight excluding hydrogens is 288 g/mol. The van der Waals surface area contributed by atoms with Gasteiger partial charge in [0, 0.05) is 24.8 Å². The van der Waals surface area contributed by atoms with E-state index in [1.54, 1.807) is 0 Å². The van der Waals surface area contributed by atoms with Crippen LogP contribution in [-0.2, 0) is 21.0 Å². The van der Waals surface area contributed by atoms with Gasteiger partial charge in [-0.3, -0.25) is 4.79 Å². The first-order valence-corrected chi connectivity index (χ1v) is 9.27. The van der Waals surface area contributed by atoms with E-state index in [2.05, 4.69) is 13.0 Å². The third-order valence-electron chi connectivity index (χ3n) is 3.29. The smallest absolute Gasteiger partial charge is 0.163 e. The molecule has 0 saturated carbocycles. The lowest BCUT2D eigenvalue weighted by Gasteiger charge is -2.07. The summed E-state index contributed by atoms with van der Waals surface area (Å²) in [4.78, 5) is 12.1. The second-order valence-corrected chi connectivity index (χ2v) is 7.53. The van der Waals surface area contributed by atoms with Crippen LogP contribution in [0.5, 0.6) is 0 Å². The van der Waals surface area contributed by atoms with E-state index in [-0.39, 0.29) is 18.1 Å². The molecule has 0 aliphatic carbocycles. The second kappa shape index (κ2) is 8.29. The van der Waals surface area contributed by atoms with E-state index in [1.165, 1.54) is 11.8 Å². The molecule has 0 unspecified atom stereocenters. The van der Waals surface area contributed by atoms with Crippen LogP contribution in [0, 0.1) is 6.92 Å². The van der Waals surface area contributed by atoms with E-state index >= 15 is 0 Å². The number of hydrogen-bond acceptors (Lipinski definition) is 4. The molecular formula is C16H24O4S. The molecule has 0 radical (unpaired) electrons. The van der Waals surface area contributed by atoms with Crippen LogP contribution in [0.25, 0.3) is 0 Å². The number of aryl methyl sites for hydroxylation is 2. The summed E-state index contributed by atoms with van der Waals surface area (Å²) in [7, 11) is -2.97. The molecule has 0 fully saturated rings. The zero-order valence-corrected chi connectivity index (χ0v) is 13.8. The van der Waals surface area contributed by atoms with Crippen molar-refractivity contribution in [3.8, 4) is 0 Å². The van der Waals surface area contributed by atoms with Gasteiger partial charge in [-0.25, -0.2) is 8.42 Å². The third-order valence-corrected chi connectivity index (χ3v) is 4.20. The van der Waals surface area contributed by atoms with Gasteiger partial charge in [0.1, 0.15) is 9.84 Å². The van der Waals surface area contributed by atoms with Crippen molar-refractivity contribution in [3.63, 3.8) is 0 Å². The molecule has 118 valence electrons. The van der Waals surface area contributed by atoms with Crippen molar-refractivity contribution in [1.82, 2.24) is 0 Å². The van der Waals surface area contributed by atoms with Crippen LogP contribution in [0.2, 0.25) is 0 Å². The molecule has 1 aromatic rings. The minimum atomic E-state index is -2.97. The van der Waals surface area contributed by atoms with Crippen molar-refractivity contribution in [2.24, 2.45) is 0 Å². The maximum Gasteiger partial charge on any atom is 0.163 e. The fraction of sp³-hybridized carbons (Fsp3) is 0.562. The van der Waals surface area contributed by atoms with Gasteiger partial charge in [0.2, 0.25) is 0 Å². The molecule has 1 rings (SSSR count). The summed E-state index contributed by atoms with van der Waals surface area (Å²) in [6.07, 6.45) is 3.18. The molecule has 0 aromatic heterocycles. The molecule has 0 saturated heterocycles. The summed E-state index contributed by atoms with van der Waals surface area (Å²) in [5.41, 5.74) is 3.01. The zero-order chi connectivity index (χ0) is 15.9. The Morgan fingerprint density at radius 1 is 1.24 bits per heavy atom. The molecule has 1 aromatic carbocycles. The lowest BCUT2D eigenvalue weighted by Crippen LogP contribution is -2.11. The number of sulfone groups is 1. The van der Waals surface area contributed by atoms with Crippen LogP contribution in [0.15, 0.2) is 18.2 Å². The van der Waals surface area contributed by atoms with E-state index in [4.69, 9.17) is 4.74 Å². The molecule has 0 spiro atoms. The van der Waals surface area contributed by atoms with E-state index in [0.717, 1.165) is 17.5 Å². The van der Waals surface area contributed by atoms with E-state index in [1.807, 2.05) is 19.1 Å². The number of benzene rings is 1. The molecule has 0 heterocycles. The van der Waals surface area contributed by atoms with E-state index in [9.17, 15) is 13.2 Å². The molecule has 0 amide bonds. The maximum absolute atomic E-state index is 12.1. The fourth-order valence-electron chi connectivity index (χ4n) is 2.04. The first-order valence-electron chi connectivity index (χ1n) is 7.21. The van der Waals surface area contributed by atoms with Crippen LogP contribution in [0.4, 0.5) is 0 Å². The van der Waals surface area contributed by atoms with Gasteiger partial charge in [-0.1, -0.05) is 25.1 Å². The van der Waals surface area contributed by atoms with Gasteiger partial charge >= 0.3 is 0 Å². The Kier molecular flexibility index (Phi) is 7.05. The Bertz CT molecular complexity index is 576. The monoisotopic (exact) mass is 312 g/mol. The van der Waals surface area contributed by atoms with Gasteiger partial charge in [0.15, 0.2) is 5.78 Å². The van der Waals surface area contributed by atoms with Crippen LogP contribution >= 0.6 is 0 Å². The Labute approximate surface area is 127 Å². The standard InChI is InChI=1S/C16H24O4S/c1-4-14-7-8-15(13(2)12-14)16(17)6-5-9-20-10-11-21(3,18)19/h7-8,12H,4-6,9-11H2,1-3H3. The van der Waals surface area contributed by atoms with Crippen molar-refractivity contribution in [1.29, 1.82) is 0 Å². The minimum absolute atomic E-state index is 0.0263. The number of hydrogen-bond donors (Lipinski definition) is 0. The summed E-state index contributed by atoms with van der Waals surface area (Å²) in [5.74, 6) is 0.139. The van der Waals surface area contributed by atoms with Gasteiger partial charge in [-0.15, -0.1) is 0 Å². The lowest BCUT2D eigenvalue weighted by atomic mass is 9.98.